The predicted octanol–water partition coefficient (Wildman–Crippen LogP) is 2.05. The van der Waals surface area contributed by atoms with Crippen LogP contribution in [-0.2, 0) is 22.4 Å². The van der Waals surface area contributed by atoms with Gasteiger partial charge >= 0.3 is 0 Å². The Hall–Kier alpha value is -2.82. The highest BCUT2D eigenvalue weighted by Gasteiger charge is 2.22. The molecule has 0 saturated heterocycles. The van der Waals surface area contributed by atoms with Crippen LogP contribution in [0.2, 0.25) is 0 Å². The lowest BCUT2D eigenvalue weighted by molar-refractivity contribution is -0.134. The Bertz CT molecular complexity index is 697. The van der Waals surface area contributed by atoms with Crippen molar-refractivity contribution >= 4 is 11.8 Å². The third-order valence-electron chi connectivity index (χ3n) is 3.88. The number of nitrogens with one attached hydrogen (secondary N) is 1. The first-order valence-corrected chi connectivity index (χ1v) is 8.17. The number of nitrogens with zero attached hydrogens (tertiary/aromatic N) is 1. The van der Waals surface area contributed by atoms with Crippen molar-refractivity contribution in [1.82, 2.24) is 10.2 Å². The van der Waals surface area contributed by atoms with E-state index < -0.39 is 6.04 Å². The van der Waals surface area contributed by atoms with Crippen LogP contribution in [-0.4, -0.2) is 44.0 Å². The summed E-state index contributed by atoms with van der Waals surface area (Å²) in [6, 6.07) is 16.4. The van der Waals surface area contributed by atoms with Gasteiger partial charge in [-0.2, -0.15) is 0 Å². The molecule has 5 heteroatoms. The molecule has 1 atom stereocenters. The van der Waals surface area contributed by atoms with Crippen molar-refractivity contribution in [3.8, 4) is 5.75 Å². The van der Waals surface area contributed by atoms with Gasteiger partial charge in [-0.15, -0.1) is 0 Å². The number of carbonyl (C=O) groups excluding carboxylic acids is 2. The molecule has 0 saturated carbocycles. The average molecular weight is 340 g/mol. The number of carbonyl (C=O) groups is 2. The summed E-state index contributed by atoms with van der Waals surface area (Å²) in [6.07, 6.45) is 0.683. The summed E-state index contributed by atoms with van der Waals surface area (Å²) < 4.78 is 5.11. The van der Waals surface area contributed by atoms with Gasteiger partial charge in [0.15, 0.2) is 0 Å². The Labute approximate surface area is 148 Å². The Kier molecular flexibility index (Phi) is 6.57. The lowest BCUT2D eigenvalue weighted by Gasteiger charge is -2.22. The maximum atomic E-state index is 12.4. The van der Waals surface area contributed by atoms with E-state index in [-0.39, 0.29) is 18.2 Å². The zero-order chi connectivity index (χ0) is 18.2. The second-order valence-electron chi connectivity index (χ2n) is 6.07. The molecule has 1 N–H and O–H groups in total. The first-order chi connectivity index (χ1) is 12.0. The van der Waals surface area contributed by atoms with E-state index in [1.165, 1.54) is 4.90 Å². The fourth-order valence-corrected chi connectivity index (χ4v) is 2.54. The molecule has 0 heterocycles. The van der Waals surface area contributed by atoms with E-state index in [0.717, 1.165) is 16.9 Å². The quantitative estimate of drug-likeness (QED) is 0.839. The van der Waals surface area contributed by atoms with E-state index in [2.05, 4.69) is 5.32 Å². The molecule has 0 aromatic heterocycles. The Morgan fingerprint density at radius 2 is 1.64 bits per heavy atom. The fraction of sp³-hybridized carbons (Fsp3) is 0.300. The van der Waals surface area contributed by atoms with Crippen LogP contribution in [0.15, 0.2) is 54.6 Å². The van der Waals surface area contributed by atoms with Crippen molar-refractivity contribution in [2.45, 2.75) is 18.9 Å². The van der Waals surface area contributed by atoms with Crippen molar-refractivity contribution in [2.24, 2.45) is 0 Å². The van der Waals surface area contributed by atoms with E-state index in [9.17, 15) is 9.59 Å². The van der Waals surface area contributed by atoms with Crippen LogP contribution in [0.5, 0.6) is 5.75 Å². The Morgan fingerprint density at radius 1 is 1.00 bits per heavy atom. The van der Waals surface area contributed by atoms with Gasteiger partial charge in [-0.3, -0.25) is 9.59 Å². The molecular formula is C20H24N2O3. The molecule has 2 aromatic rings. The summed E-state index contributed by atoms with van der Waals surface area (Å²) in [6.45, 7) is 0. The lowest BCUT2D eigenvalue weighted by atomic mass is 10.0. The highest BCUT2D eigenvalue weighted by molar-refractivity contribution is 5.88. The Balaban J connectivity index is 2.04. The number of hydrogen-bond donors (Lipinski definition) is 1. The van der Waals surface area contributed by atoms with Gasteiger partial charge < -0.3 is 15.0 Å². The highest BCUT2D eigenvalue weighted by Crippen LogP contribution is 2.12. The average Bonchev–Trinajstić information content (AvgIpc) is 2.62. The lowest BCUT2D eigenvalue weighted by Crippen LogP contribution is -2.48. The van der Waals surface area contributed by atoms with Gasteiger partial charge in [0.2, 0.25) is 11.8 Å². The molecule has 2 aromatic carbocycles. The maximum Gasteiger partial charge on any atom is 0.244 e. The maximum absolute atomic E-state index is 12.4. The molecule has 0 aliphatic rings. The number of likely N-dealkylation sites (N-methyl/N-ethyl adjacent to an activating group) is 1. The van der Waals surface area contributed by atoms with Gasteiger partial charge in [-0.25, -0.2) is 0 Å². The molecular weight excluding hydrogens is 316 g/mol. The van der Waals surface area contributed by atoms with Crippen LogP contribution in [0.4, 0.5) is 0 Å². The summed E-state index contributed by atoms with van der Waals surface area (Å²) in [7, 11) is 4.98. The largest absolute Gasteiger partial charge is 0.497 e. The summed E-state index contributed by atoms with van der Waals surface area (Å²) in [5.74, 6) is 0.446. The van der Waals surface area contributed by atoms with Gasteiger partial charge in [-0.05, 0) is 23.3 Å². The predicted molar refractivity (Wildman–Crippen MR) is 97.5 cm³/mol. The van der Waals surface area contributed by atoms with Crippen LogP contribution in [0.25, 0.3) is 0 Å². The highest BCUT2D eigenvalue weighted by atomic mass is 16.5. The summed E-state index contributed by atoms with van der Waals surface area (Å²) in [5.41, 5.74) is 1.88. The number of rotatable bonds is 7. The molecule has 0 radical (unpaired) electrons. The zero-order valence-electron chi connectivity index (χ0n) is 14.9. The molecule has 2 amide bonds. The molecule has 25 heavy (non-hydrogen) atoms. The number of amides is 2. The SMILES string of the molecule is COc1ccc(CC(=O)NC(Cc2ccccc2)C(=O)N(C)C)cc1. The van der Waals surface area contributed by atoms with Crippen LogP contribution in [0.3, 0.4) is 0 Å². The minimum atomic E-state index is -0.580. The van der Waals surface area contributed by atoms with Gasteiger partial charge in [0.1, 0.15) is 11.8 Å². The van der Waals surface area contributed by atoms with Crippen molar-refractivity contribution in [2.75, 3.05) is 21.2 Å². The number of hydrogen-bond acceptors (Lipinski definition) is 3. The summed E-state index contributed by atoms with van der Waals surface area (Å²) >= 11 is 0. The van der Waals surface area contributed by atoms with E-state index in [1.54, 1.807) is 21.2 Å². The molecule has 132 valence electrons. The third-order valence-corrected chi connectivity index (χ3v) is 3.88. The molecule has 5 nitrogen and oxygen atoms in total. The molecule has 0 spiro atoms. The summed E-state index contributed by atoms with van der Waals surface area (Å²) in [4.78, 5) is 26.3. The van der Waals surface area contributed by atoms with Crippen LogP contribution < -0.4 is 10.1 Å². The van der Waals surface area contributed by atoms with Crippen molar-refractivity contribution < 1.29 is 14.3 Å². The van der Waals surface area contributed by atoms with Gasteiger partial charge in [0.05, 0.1) is 13.5 Å². The van der Waals surface area contributed by atoms with Crippen LogP contribution in [0, 0.1) is 0 Å². The standard InChI is InChI=1S/C20H24N2O3/c1-22(2)20(24)18(13-15-7-5-4-6-8-15)21-19(23)14-16-9-11-17(25-3)12-10-16/h4-12,18H,13-14H2,1-3H3,(H,21,23). The molecule has 0 aliphatic carbocycles. The monoisotopic (exact) mass is 340 g/mol. The minimum absolute atomic E-state index is 0.119. The van der Waals surface area contributed by atoms with Crippen molar-refractivity contribution in [3.05, 3.63) is 65.7 Å². The molecule has 0 fully saturated rings. The van der Waals surface area contributed by atoms with Crippen molar-refractivity contribution in [1.29, 1.82) is 0 Å². The Morgan fingerprint density at radius 3 is 2.20 bits per heavy atom. The smallest absolute Gasteiger partial charge is 0.244 e. The second kappa shape index (κ2) is 8.87. The third kappa shape index (κ3) is 5.64. The zero-order valence-corrected chi connectivity index (χ0v) is 14.9. The second-order valence-corrected chi connectivity index (χ2v) is 6.07. The van der Waals surface area contributed by atoms with Crippen LogP contribution >= 0.6 is 0 Å². The van der Waals surface area contributed by atoms with E-state index in [0.29, 0.717) is 6.42 Å². The first kappa shape index (κ1) is 18.5. The van der Waals surface area contributed by atoms with E-state index in [1.807, 2.05) is 54.6 Å². The van der Waals surface area contributed by atoms with Gasteiger partial charge in [0, 0.05) is 20.5 Å². The number of methoxy groups -OCH3 is 1. The number of benzene rings is 2. The molecule has 1 unspecified atom stereocenters. The minimum Gasteiger partial charge on any atom is -0.497 e. The molecule has 0 aliphatic heterocycles. The normalized spacial score (nSPS) is 11.5. The number of ether oxygens (including phenoxy) is 1. The molecule has 0 bridgehead atoms. The van der Waals surface area contributed by atoms with E-state index >= 15 is 0 Å². The first-order valence-electron chi connectivity index (χ1n) is 8.17. The fourth-order valence-electron chi connectivity index (χ4n) is 2.54. The molecule has 2 rings (SSSR count). The summed E-state index contributed by atoms with van der Waals surface area (Å²) in [5, 5.41) is 2.86. The topological polar surface area (TPSA) is 58.6 Å². The van der Waals surface area contributed by atoms with E-state index in [4.69, 9.17) is 4.74 Å². The van der Waals surface area contributed by atoms with Gasteiger partial charge in [-0.1, -0.05) is 42.5 Å². The van der Waals surface area contributed by atoms with Gasteiger partial charge in [0.25, 0.3) is 0 Å². The van der Waals surface area contributed by atoms with Crippen molar-refractivity contribution in [3.63, 3.8) is 0 Å². The van der Waals surface area contributed by atoms with Crippen LogP contribution in [0.1, 0.15) is 11.1 Å².